The van der Waals surface area contributed by atoms with Crippen LogP contribution in [0.25, 0.3) is 33.7 Å². The molecule has 160 valence electrons. The maximum Gasteiger partial charge on any atom is 0.303 e. The van der Waals surface area contributed by atoms with Crippen molar-refractivity contribution < 1.29 is 19.2 Å². The number of para-hydroxylation sites is 1. The normalized spacial score (nSPS) is 11.4. The van der Waals surface area contributed by atoms with Crippen molar-refractivity contribution in [3.63, 3.8) is 0 Å². The third-order valence-electron chi connectivity index (χ3n) is 4.85. The van der Waals surface area contributed by atoms with Crippen molar-refractivity contribution in [1.29, 1.82) is 0 Å². The van der Waals surface area contributed by atoms with E-state index >= 15 is 0 Å². The molecule has 0 saturated carbocycles. The van der Waals surface area contributed by atoms with Crippen LogP contribution in [0, 0.1) is 0 Å². The van der Waals surface area contributed by atoms with E-state index in [1.165, 1.54) is 0 Å². The number of aromatic nitrogens is 3. The molecule has 0 aliphatic rings. The Morgan fingerprint density at radius 2 is 2.13 bits per heavy atom. The van der Waals surface area contributed by atoms with E-state index in [4.69, 9.17) is 26.0 Å². The number of H-pyrrole nitrogens is 1. The van der Waals surface area contributed by atoms with Crippen molar-refractivity contribution in [3.05, 3.63) is 53.2 Å². The number of fused-ring (bicyclic) bond motifs is 1. The SMILES string of the molecule is CC(C)Oc1ccc(-c2nc(-c3cccc4c(CCCC(=O)O)c[nH]c34)no2)cc1Cl. The van der Waals surface area contributed by atoms with Gasteiger partial charge in [0.05, 0.1) is 16.6 Å². The Kier molecular flexibility index (Phi) is 5.95. The van der Waals surface area contributed by atoms with Crippen LogP contribution in [0.5, 0.6) is 5.75 Å². The van der Waals surface area contributed by atoms with E-state index in [0.717, 1.165) is 22.0 Å². The van der Waals surface area contributed by atoms with Crippen LogP contribution in [0.1, 0.15) is 32.3 Å². The highest BCUT2D eigenvalue weighted by Gasteiger charge is 2.16. The molecule has 4 rings (SSSR count). The minimum Gasteiger partial charge on any atom is -0.489 e. The van der Waals surface area contributed by atoms with Crippen molar-refractivity contribution in [3.8, 4) is 28.6 Å². The number of carbonyl (C=O) groups is 1. The van der Waals surface area contributed by atoms with E-state index in [2.05, 4.69) is 15.1 Å². The zero-order chi connectivity index (χ0) is 22.0. The Bertz CT molecular complexity index is 1230. The highest BCUT2D eigenvalue weighted by atomic mass is 35.5. The summed E-state index contributed by atoms with van der Waals surface area (Å²) in [4.78, 5) is 18.6. The van der Waals surface area contributed by atoms with Crippen LogP contribution < -0.4 is 4.74 Å². The van der Waals surface area contributed by atoms with Gasteiger partial charge in [-0.25, -0.2) is 0 Å². The van der Waals surface area contributed by atoms with Crippen molar-refractivity contribution in [2.45, 2.75) is 39.2 Å². The monoisotopic (exact) mass is 439 g/mol. The number of aliphatic carboxylic acids is 1. The molecule has 0 radical (unpaired) electrons. The largest absolute Gasteiger partial charge is 0.489 e. The Hall–Kier alpha value is -3.32. The summed E-state index contributed by atoms with van der Waals surface area (Å²) in [6, 6.07) is 11.2. The summed E-state index contributed by atoms with van der Waals surface area (Å²) in [5.74, 6) is 0.631. The third kappa shape index (κ3) is 4.56. The molecule has 0 fully saturated rings. The second-order valence-electron chi connectivity index (χ2n) is 7.52. The number of carboxylic acid groups (broad SMARTS) is 1. The van der Waals surface area contributed by atoms with Crippen molar-refractivity contribution in [2.75, 3.05) is 0 Å². The molecule has 0 saturated heterocycles. The van der Waals surface area contributed by atoms with Gasteiger partial charge in [-0.15, -0.1) is 0 Å². The van der Waals surface area contributed by atoms with Crippen LogP contribution >= 0.6 is 11.6 Å². The topological polar surface area (TPSA) is 101 Å². The Morgan fingerprint density at radius 3 is 2.87 bits per heavy atom. The molecule has 7 nitrogen and oxygen atoms in total. The zero-order valence-electron chi connectivity index (χ0n) is 17.2. The van der Waals surface area contributed by atoms with Gasteiger partial charge in [0.2, 0.25) is 5.82 Å². The maximum absolute atomic E-state index is 10.8. The van der Waals surface area contributed by atoms with Crippen LogP contribution in [-0.2, 0) is 11.2 Å². The predicted molar refractivity (Wildman–Crippen MR) is 118 cm³/mol. The van der Waals surface area contributed by atoms with E-state index in [9.17, 15) is 4.79 Å². The fourth-order valence-electron chi connectivity index (χ4n) is 3.47. The molecular weight excluding hydrogens is 418 g/mol. The van der Waals surface area contributed by atoms with Crippen molar-refractivity contribution in [1.82, 2.24) is 15.1 Å². The number of aryl methyl sites for hydroxylation is 1. The number of carboxylic acids is 1. The quantitative estimate of drug-likeness (QED) is 0.363. The van der Waals surface area contributed by atoms with Gasteiger partial charge in [-0.3, -0.25) is 4.79 Å². The van der Waals surface area contributed by atoms with Gasteiger partial charge in [-0.05, 0) is 56.5 Å². The lowest BCUT2D eigenvalue weighted by Crippen LogP contribution is -2.05. The molecule has 0 aliphatic carbocycles. The van der Waals surface area contributed by atoms with Gasteiger partial charge in [-0.1, -0.05) is 28.9 Å². The molecule has 31 heavy (non-hydrogen) atoms. The number of hydrogen-bond donors (Lipinski definition) is 2. The lowest BCUT2D eigenvalue weighted by molar-refractivity contribution is -0.137. The van der Waals surface area contributed by atoms with Crippen LogP contribution in [0.3, 0.4) is 0 Å². The summed E-state index contributed by atoms with van der Waals surface area (Å²) < 4.78 is 11.2. The molecule has 2 N–H and O–H groups in total. The lowest BCUT2D eigenvalue weighted by Gasteiger charge is -2.11. The number of aromatic amines is 1. The van der Waals surface area contributed by atoms with E-state index in [1.807, 2.05) is 44.3 Å². The fourth-order valence-corrected chi connectivity index (χ4v) is 3.69. The summed E-state index contributed by atoms with van der Waals surface area (Å²) in [5.41, 5.74) is 3.46. The van der Waals surface area contributed by atoms with Gasteiger partial charge in [0.25, 0.3) is 5.89 Å². The number of nitrogens with one attached hydrogen (secondary N) is 1. The third-order valence-corrected chi connectivity index (χ3v) is 5.14. The number of benzene rings is 2. The van der Waals surface area contributed by atoms with E-state index in [-0.39, 0.29) is 12.5 Å². The minimum absolute atomic E-state index is 0.0219. The second kappa shape index (κ2) is 8.81. The molecule has 0 aliphatic heterocycles. The Balaban J connectivity index is 1.61. The summed E-state index contributed by atoms with van der Waals surface area (Å²) in [6.07, 6.45) is 3.33. The van der Waals surface area contributed by atoms with Gasteiger partial charge >= 0.3 is 5.97 Å². The maximum atomic E-state index is 10.8. The molecule has 0 bridgehead atoms. The predicted octanol–water partition coefficient (Wildman–Crippen LogP) is 5.73. The van der Waals surface area contributed by atoms with E-state index in [0.29, 0.717) is 40.9 Å². The highest BCUT2D eigenvalue weighted by Crippen LogP contribution is 2.33. The smallest absolute Gasteiger partial charge is 0.303 e. The molecule has 0 amide bonds. The second-order valence-corrected chi connectivity index (χ2v) is 7.93. The molecule has 4 aromatic rings. The van der Waals surface area contributed by atoms with Gasteiger partial charge in [-0.2, -0.15) is 4.98 Å². The Labute approximate surface area is 184 Å². The van der Waals surface area contributed by atoms with Crippen LogP contribution in [0.4, 0.5) is 0 Å². The summed E-state index contributed by atoms with van der Waals surface area (Å²) in [7, 11) is 0. The lowest BCUT2D eigenvalue weighted by atomic mass is 10.0. The molecule has 0 atom stereocenters. The first-order chi connectivity index (χ1) is 14.9. The molecule has 0 spiro atoms. The van der Waals surface area contributed by atoms with Crippen LogP contribution in [0.2, 0.25) is 5.02 Å². The van der Waals surface area contributed by atoms with E-state index < -0.39 is 5.97 Å². The van der Waals surface area contributed by atoms with Gasteiger partial charge in [0.15, 0.2) is 0 Å². The number of rotatable bonds is 8. The zero-order valence-corrected chi connectivity index (χ0v) is 17.9. The van der Waals surface area contributed by atoms with Crippen molar-refractivity contribution in [2.24, 2.45) is 0 Å². The highest BCUT2D eigenvalue weighted by molar-refractivity contribution is 6.32. The first-order valence-corrected chi connectivity index (χ1v) is 10.4. The Morgan fingerprint density at radius 1 is 1.29 bits per heavy atom. The summed E-state index contributed by atoms with van der Waals surface area (Å²) in [5, 5.41) is 14.5. The molecule has 0 unspecified atom stereocenters. The first-order valence-electron chi connectivity index (χ1n) is 10.0. The molecule has 2 heterocycles. The summed E-state index contributed by atoms with van der Waals surface area (Å²) >= 11 is 6.33. The standard InChI is InChI=1S/C23H22ClN3O4/c1-13(2)30-19-10-9-14(11-18(19)24)23-26-22(27-31-23)17-7-4-6-16-15(12-25-21(16)17)5-3-8-20(28)29/h4,6-7,9-13,25H,3,5,8H2,1-2H3,(H,28,29). The van der Waals surface area contributed by atoms with E-state index in [1.54, 1.807) is 12.1 Å². The fraction of sp³-hybridized carbons (Fsp3) is 0.261. The first kappa shape index (κ1) is 20.9. The number of halogens is 1. The average molecular weight is 440 g/mol. The average Bonchev–Trinajstić information content (AvgIpc) is 3.36. The van der Waals surface area contributed by atoms with Crippen molar-refractivity contribution >= 4 is 28.5 Å². The summed E-state index contributed by atoms with van der Waals surface area (Å²) in [6.45, 7) is 3.88. The van der Waals surface area contributed by atoms with Crippen LogP contribution in [0.15, 0.2) is 47.1 Å². The molecular formula is C23H22ClN3O4. The molecule has 2 aromatic carbocycles. The van der Waals surface area contributed by atoms with Gasteiger partial charge in [0.1, 0.15) is 5.75 Å². The number of hydrogen-bond acceptors (Lipinski definition) is 5. The number of ether oxygens (including phenoxy) is 1. The minimum atomic E-state index is -0.788. The van der Waals surface area contributed by atoms with Crippen LogP contribution in [-0.4, -0.2) is 32.3 Å². The number of nitrogens with zero attached hydrogens (tertiary/aromatic N) is 2. The molecule has 2 aromatic heterocycles. The van der Waals surface area contributed by atoms with Gasteiger partial charge < -0.3 is 19.4 Å². The molecule has 8 heteroatoms. The van der Waals surface area contributed by atoms with Gasteiger partial charge in [0, 0.05) is 29.1 Å².